The van der Waals surface area contributed by atoms with Gasteiger partial charge in [0.1, 0.15) is 0 Å². The number of carbonyl (C=O) groups is 1. The quantitative estimate of drug-likeness (QED) is 0.761. The zero-order chi connectivity index (χ0) is 12.3. The average Bonchev–Trinajstić information content (AvgIpc) is 2.45. The smallest absolute Gasteiger partial charge is 0.304 e. The summed E-state index contributed by atoms with van der Waals surface area (Å²) >= 11 is 0. The van der Waals surface area contributed by atoms with Gasteiger partial charge in [-0.3, -0.25) is 9.69 Å². The Morgan fingerprint density at radius 2 is 2.12 bits per heavy atom. The molecule has 1 aliphatic rings. The van der Waals surface area contributed by atoms with Gasteiger partial charge in [0.2, 0.25) is 0 Å². The van der Waals surface area contributed by atoms with Crippen molar-refractivity contribution in [1.29, 1.82) is 0 Å². The third-order valence-electron chi connectivity index (χ3n) is 2.92. The van der Waals surface area contributed by atoms with Gasteiger partial charge in [0, 0.05) is 18.6 Å². The van der Waals surface area contributed by atoms with Gasteiger partial charge in [-0.05, 0) is 20.3 Å². The predicted molar refractivity (Wildman–Crippen MR) is 61.2 cm³/mol. The first-order chi connectivity index (χ1) is 7.32. The first kappa shape index (κ1) is 13.4. The van der Waals surface area contributed by atoms with Crippen LogP contribution in [-0.4, -0.2) is 54.5 Å². The standard InChI is InChI=1S/C10H19NO4S/c1-8(2)11(5-3-10(12)13)9-4-6-16(14,15)7-9/h8-9H,3-7H2,1-2H3,(H,12,13). The van der Waals surface area contributed by atoms with Gasteiger partial charge in [0.15, 0.2) is 9.84 Å². The molecule has 1 aliphatic heterocycles. The van der Waals surface area contributed by atoms with E-state index in [4.69, 9.17) is 5.11 Å². The Bertz CT molecular complexity index is 350. The van der Waals surface area contributed by atoms with Crippen molar-refractivity contribution in [3.8, 4) is 0 Å². The molecule has 0 aliphatic carbocycles. The lowest BCUT2D eigenvalue weighted by Gasteiger charge is -2.31. The average molecular weight is 249 g/mol. The van der Waals surface area contributed by atoms with Crippen LogP contribution in [0.25, 0.3) is 0 Å². The molecule has 0 aromatic rings. The monoisotopic (exact) mass is 249 g/mol. The number of aliphatic carboxylic acids is 1. The topological polar surface area (TPSA) is 74.7 Å². The minimum Gasteiger partial charge on any atom is -0.481 e. The molecule has 1 atom stereocenters. The summed E-state index contributed by atoms with van der Waals surface area (Å²) in [5.74, 6) is -0.440. The minimum absolute atomic E-state index is 0.00986. The van der Waals surface area contributed by atoms with Crippen LogP contribution in [0.1, 0.15) is 26.7 Å². The van der Waals surface area contributed by atoms with Gasteiger partial charge in [-0.25, -0.2) is 8.42 Å². The van der Waals surface area contributed by atoms with Crippen molar-refractivity contribution in [2.45, 2.75) is 38.8 Å². The Balaban J connectivity index is 2.61. The molecule has 0 aromatic carbocycles. The fourth-order valence-corrected chi connectivity index (χ4v) is 3.87. The second kappa shape index (κ2) is 5.14. The fraction of sp³-hybridized carbons (Fsp3) is 0.900. The molecule has 6 heteroatoms. The van der Waals surface area contributed by atoms with Crippen molar-refractivity contribution in [3.05, 3.63) is 0 Å². The van der Waals surface area contributed by atoms with Crippen LogP contribution in [0, 0.1) is 0 Å². The van der Waals surface area contributed by atoms with Gasteiger partial charge >= 0.3 is 5.97 Å². The van der Waals surface area contributed by atoms with Gasteiger partial charge in [-0.2, -0.15) is 0 Å². The Morgan fingerprint density at radius 1 is 1.50 bits per heavy atom. The molecule has 94 valence electrons. The van der Waals surface area contributed by atoms with Crippen molar-refractivity contribution in [2.24, 2.45) is 0 Å². The summed E-state index contributed by atoms with van der Waals surface area (Å²) in [6, 6.07) is 0.169. The van der Waals surface area contributed by atoms with E-state index >= 15 is 0 Å². The third-order valence-corrected chi connectivity index (χ3v) is 4.67. The van der Waals surface area contributed by atoms with Crippen molar-refractivity contribution >= 4 is 15.8 Å². The summed E-state index contributed by atoms with van der Waals surface area (Å²) in [5, 5.41) is 8.64. The number of rotatable bonds is 5. The number of carboxylic acids is 1. The Kier molecular flexibility index (Phi) is 4.32. The van der Waals surface area contributed by atoms with E-state index in [1.807, 2.05) is 18.7 Å². The van der Waals surface area contributed by atoms with Crippen molar-refractivity contribution in [1.82, 2.24) is 4.90 Å². The number of hydrogen-bond acceptors (Lipinski definition) is 4. The lowest BCUT2D eigenvalue weighted by Crippen LogP contribution is -2.42. The summed E-state index contributed by atoms with van der Waals surface area (Å²) < 4.78 is 22.7. The second-order valence-corrected chi connectivity index (χ2v) is 6.76. The van der Waals surface area contributed by atoms with E-state index in [9.17, 15) is 13.2 Å². The molecule has 1 rings (SSSR count). The highest BCUT2D eigenvalue weighted by molar-refractivity contribution is 7.91. The number of hydrogen-bond donors (Lipinski definition) is 1. The molecule has 1 heterocycles. The van der Waals surface area contributed by atoms with E-state index < -0.39 is 15.8 Å². The molecule has 1 N–H and O–H groups in total. The lowest BCUT2D eigenvalue weighted by molar-refractivity contribution is -0.137. The van der Waals surface area contributed by atoms with Crippen molar-refractivity contribution < 1.29 is 18.3 Å². The summed E-state index contributed by atoms with van der Waals surface area (Å²) in [6.45, 7) is 4.35. The number of carboxylic acid groups (broad SMARTS) is 1. The Labute approximate surface area is 96.4 Å². The largest absolute Gasteiger partial charge is 0.481 e. The van der Waals surface area contributed by atoms with Crippen LogP contribution in [0.3, 0.4) is 0 Å². The van der Waals surface area contributed by atoms with Gasteiger partial charge in [-0.1, -0.05) is 0 Å². The number of nitrogens with zero attached hydrogens (tertiary/aromatic N) is 1. The molecule has 0 amide bonds. The molecule has 0 spiro atoms. The zero-order valence-corrected chi connectivity index (χ0v) is 10.5. The van der Waals surface area contributed by atoms with E-state index in [1.54, 1.807) is 0 Å². The van der Waals surface area contributed by atoms with E-state index in [2.05, 4.69) is 0 Å². The highest BCUT2D eigenvalue weighted by Crippen LogP contribution is 2.20. The maximum absolute atomic E-state index is 11.4. The molecule has 0 radical (unpaired) electrons. The van der Waals surface area contributed by atoms with Gasteiger partial charge in [-0.15, -0.1) is 0 Å². The molecule has 1 saturated heterocycles. The van der Waals surface area contributed by atoms with Crippen LogP contribution < -0.4 is 0 Å². The normalized spacial score (nSPS) is 24.1. The van der Waals surface area contributed by atoms with Gasteiger partial charge in [0.05, 0.1) is 17.9 Å². The first-order valence-electron chi connectivity index (χ1n) is 5.50. The van der Waals surface area contributed by atoms with Crippen LogP contribution in [0.5, 0.6) is 0 Å². The molecular formula is C10H19NO4S. The van der Waals surface area contributed by atoms with Gasteiger partial charge in [0.25, 0.3) is 0 Å². The molecular weight excluding hydrogens is 230 g/mol. The molecule has 0 bridgehead atoms. The molecule has 5 nitrogen and oxygen atoms in total. The van der Waals surface area contributed by atoms with Gasteiger partial charge < -0.3 is 5.11 Å². The highest BCUT2D eigenvalue weighted by Gasteiger charge is 2.33. The van der Waals surface area contributed by atoms with E-state index in [1.165, 1.54) is 0 Å². The Hall–Kier alpha value is -0.620. The maximum Gasteiger partial charge on any atom is 0.304 e. The fourth-order valence-electron chi connectivity index (χ4n) is 2.12. The second-order valence-electron chi connectivity index (χ2n) is 4.53. The lowest BCUT2D eigenvalue weighted by atomic mass is 10.1. The molecule has 1 fully saturated rings. The van der Waals surface area contributed by atoms with Crippen LogP contribution in [-0.2, 0) is 14.6 Å². The summed E-state index contributed by atoms with van der Waals surface area (Å²) in [7, 11) is -2.90. The van der Waals surface area contributed by atoms with Crippen LogP contribution in [0.4, 0.5) is 0 Å². The number of sulfone groups is 1. The molecule has 0 aromatic heterocycles. The Morgan fingerprint density at radius 3 is 2.50 bits per heavy atom. The predicted octanol–water partition coefficient (Wildman–Crippen LogP) is 0.359. The molecule has 1 unspecified atom stereocenters. The minimum atomic E-state index is -2.90. The van der Waals surface area contributed by atoms with Crippen LogP contribution in [0.2, 0.25) is 0 Å². The van der Waals surface area contributed by atoms with Crippen LogP contribution >= 0.6 is 0 Å². The van der Waals surface area contributed by atoms with Crippen molar-refractivity contribution in [2.75, 3.05) is 18.1 Å². The third kappa shape index (κ3) is 3.75. The first-order valence-corrected chi connectivity index (χ1v) is 7.32. The van der Waals surface area contributed by atoms with E-state index in [0.29, 0.717) is 13.0 Å². The van der Waals surface area contributed by atoms with Crippen molar-refractivity contribution in [3.63, 3.8) is 0 Å². The molecule has 0 saturated carbocycles. The van der Waals surface area contributed by atoms with E-state index in [0.717, 1.165) is 0 Å². The zero-order valence-electron chi connectivity index (χ0n) is 9.72. The summed E-state index contributed by atoms with van der Waals surface area (Å²) in [6.07, 6.45) is 0.689. The van der Waals surface area contributed by atoms with E-state index in [-0.39, 0.29) is 30.0 Å². The summed E-state index contributed by atoms with van der Waals surface area (Å²) in [4.78, 5) is 12.5. The van der Waals surface area contributed by atoms with Crippen LogP contribution in [0.15, 0.2) is 0 Å². The SMILES string of the molecule is CC(C)N(CCC(=O)O)C1CCS(=O)(=O)C1. The molecule has 16 heavy (non-hydrogen) atoms. The highest BCUT2D eigenvalue weighted by atomic mass is 32.2. The maximum atomic E-state index is 11.4. The summed E-state index contributed by atoms with van der Waals surface area (Å²) in [5.41, 5.74) is 0.